The summed E-state index contributed by atoms with van der Waals surface area (Å²) in [5, 5.41) is 3.27. The molecule has 4 rings (SSSR count). The quantitative estimate of drug-likeness (QED) is 0.343. The molecule has 12 heteroatoms. The second-order valence-electron chi connectivity index (χ2n) is 9.09. The highest BCUT2D eigenvalue weighted by Crippen LogP contribution is 2.27. The molecule has 3 aromatic carbocycles. The largest absolute Gasteiger partial charge is 0.326 e. The van der Waals surface area contributed by atoms with Crippen LogP contribution in [0.15, 0.2) is 76.1 Å². The number of rotatable bonds is 8. The molecule has 3 aromatic rings. The van der Waals surface area contributed by atoms with Gasteiger partial charge in [0, 0.05) is 34.2 Å². The van der Waals surface area contributed by atoms with Crippen LogP contribution in [0.3, 0.4) is 0 Å². The topological polar surface area (TPSA) is 113 Å². The van der Waals surface area contributed by atoms with Crippen molar-refractivity contribution in [3.8, 4) is 0 Å². The van der Waals surface area contributed by atoms with Gasteiger partial charge in [0.25, 0.3) is 10.0 Å². The van der Waals surface area contributed by atoms with Crippen LogP contribution in [0.4, 0.5) is 11.4 Å². The average molecular weight is 641 g/mol. The summed E-state index contributed by atoms with van der Waals surface area (Å²) in [5.74, 6) is -0.652. The number of nitrogens with one attached hydrogen (secondary N) is 2. The Bertz CT molecular complexity index is 1520. The molecular weight excluding hydrogens is 614 g/mol. The third kappa shape index (κ3) is 6.95. The van der Waals surface area contributed by atoms with Gasteiger partial charge in [0.2, 0.25) is 15.9 Å². The van der Waals surface area contributed by atoms with Gasteiger partial charge in [0.15, 0.2) is 0 Å². The van der Waals surface area contributed by atoms with Gasteiger partial charge in [-0.15, -0.1) is 0 Å². The number of carbonyl (C=O) groups is 1. The molecule has 0 radical (unpaired) electrons. The van der Waals surface area contributed by atoms with Gasteiger partial charge in [-0.3, -0.25) is 9.52 Å². The zero-order chi connectivity index (χ0) is 27.5. The summed E-state index contributed by atoms with van der Waals surface area (Å²) in [6, 6.07) is 18.0. The van der Waals surface area contributed by atoms with E-state index >= 15 is 0 Å². The lowest BCUT2D eigenvalue weighted by Crippen LogP contribution is -2.41. The van der Waals surface area contributed by atoms with Gasteiger partial charge in [-0.05, 0) is 79.4 Å². The summed E-state index contributed by atoms with van der Waals surface area (Å²) >= 11 is 9.42. The third-order valence-corrected chi connectivity index (χ3v) is 10.6. The zero-order valence-corrected chi connectivity index (χ0v) is 24.5. The molecule has 0 unspecified atom stereocenters. The van der Waals surface area contributed by atoms with E-state index in [0.29, 0.717) is 40.4 Å². The van der Waals surface area contributed by atoms with E-state index in [2.05, 4.69) is 26.0 Å². The Morgan fingerprint density at radius 3 is 2.24 bits per heavy atom. The molecular formula is C26H27BrClN3O5S2. The summed E-state index contributed by atoms with van der Waals surface area (Å²) in [6.45, 7) is 2.26. The van der Waals surface area contributed by atoms with E-state index in [1.165, 1.54) is 28.6 Å². The minimum atomic E-state index is -3.85. The molecule has 0 aliphatic carbocycles. The molecule has 1 aliphatic rings. The fourth-order valence-corrected chi connectivity index (χ4v) is 7.29. The van der Waals surface area contributed by atoms with Crippen molar-refractivity contribution in [2.45, 2.75) is 30.4 Å². The lowest BCUT2D eigenvalue weighted by Gasteiger charge is -2.30. The van der Waals surface area contributed by atoms with E-state index in [1.807, 2.05) is 0 Å². The highest BCUT2D eigenvalue weighted by atomic mass is 79.9. The van der Waals surface area contributed by atoms with Gasteiger partial charge in [-0.25, -0.2) is 21.1 Å². The standard InChI is InChI=1S/C26H27BrClN3O5S2/c1-18-24(28)3-2-4-25(18)30-38(35,36)23-11-9-22(10-12-23)29-26(32)20-13-15-31(16-14-20)37(33,34)17-19-5-7-21(27)8-6-19/h2-12,20,30H,13-17H2,1H3,(H,29,32). The highest BCUT2D eigenvalue weighted by Gasteiger charge is 2.31. The molecule has 1 heterocycles. The van der Waals surface area contributed by atoms with Gasteiger partial charge in [0.1, 0.15) is 0 Å². The number of amides is 1. The first-order valence-corrected chi connectivity index (χ1v) is 16.1. The number of benzene rings is 3. The number of piperidine rings is 1. The van der Waals surface area contributed by atoms with E-state index in [9.17, 15) is 21.6 Å². The molecule has 1 amide bonds. The van der Waals surface area contributed by atoms with Crippen LogP contribution >= 0.6 is 27.5 Å². The van der Waals surface area contributed by atoms with Crippen LogP contribution in [0.25, 0.3) is 0 Å². The zero-order valence-electron chi connectivity index (χ0n) is 20.5. The van der Waals surface area contributed by atoms with Crippen LogP contribution in [0.2, 0.25) is 5.02 Å². The Morgan fingerprint density at radius 2 is 1.61 bits per heavy atom. The molecule has 0 spiro atoms. The van der Waals surface area contributed by atoms with Crippen molar-refractivity contribution in [2.24, 2.45) is 5.92 Å². The second kappa shape index (κ2) is 11.7. The van der Waals surface area contributed by atoms with Crippen molar-refractivity contribution in [2.75, 3.05) is 23.1 Å². The van der Waals surface area contributed by atoms with Crippen molar-refractivity contribution in [3.05, 3.63) is 87.4 Å². The van der Waals surface area contributed by atoms with E-state index in [0.717, 1.165) is 4.47 Å². The first kappa shape index (κ1) is 28.6. The predicted octanol–water partition coefficient (Wildman–Crippen LogP) is 5.39. The van der Waals surface area contributed by atoms with Crippen LogP contribution in [-0.4, -0.2) is 40.1 Å². The first-order chi connectivity index (χ1) is 17.9. The number of hydrogen-bond acceptors (Lipinski definition) is 5. The summed E-state index contributed by atoms with van der Waals surface area (Å²) in [4.78, 5) is 12.9. The number of nitrogens with zero attached hydrogens (tertiary/aromatic N) is 1. The molecule has 0 aromatic heterocycles. The molecule has 0 bridgehead atoms. The Balaban J connectivity index is 1.32. The molecule has 38 heavy (non-hydrogen) atoms. The summed E-state index contributed by atoms with van der Waals surface area (Å²) < 4.78 is 56.1. The fourth-order valence-electron chi connectivity index (χ4n) is 4.16. The maximum absolute atomic E-state index is 12.8. The van der Waals surface area contributed by atoms with E-state index in [-0.39, 0.29) is 35.6 Å². The Hall–Kier alpha value is -2.44. The van der Waals surface area contributed by atoms with Gasteiger partial charge in [0.05, 0.1) is 16.3 Å². The average Bonchev–Trinajstić information content (AvgIpc) is 2.88. The van der Waals surface area contributed by atoms with Crippen LogP contribution in [-0.2, 0) is 30.6 Å². The second-order valence-corrected chi connectivity index (χ2v) is 14.1. The monoisotopic (exact) mass is 639 g/mol. The van der Waals surface area contributed by atoms with Gasteiger partial charge >= 0.3 is 0 Å². The molecule has 0 atom stereocenters. The Labute approximate surface area is 236 Å². The van der Waals surface area contributed by atoms with Gasteiger partial charge in [-0.1, -0.05) is 45.7 Å². The molecule has 202 valence electrons. The van der Waals surface area contributed by atoms with Crippen molar-refractivity contribution >= 4 is 64.9 Å². The summed E-state index contributed by atoms with van der Waals surface area (Å²) in [7, 11) is -7.34. The number of sulfonamides is 2. The van der Waals surface area contributed by atoms with E-state index in [4.69, 9.17) is 11.6 Å². The molecule has 1 fully saturated rings. The van der Waals surface area contributed by atoms with Gasteiger partial charge in [-0.2, -0.15) is 0 Å². The molecule has 8 nitrogen and oxygen atoms in total. The first-order valence-electron chi connectivity index (χ1n) is 11.9. The highest BCUT2D eigenvalue weighted by molar-refractivity contribution is 9.10. The van der Waals surface area contributed by atoms with Gasteiger partial charge < -0.3 is 5.32 Å². The van der Waals surface area contributed by atoms with E-state index in [1.54, 1.807) is 49.4 Å². The number of hydrogen-bond donors (Lipinski definition) is 2. The summed E-state index contributed by atoms with van der Waals surface area (Å²) in [6.07, 6.45) is 0.807. The van der Waals surface area contributed by atoms with Crippen molar-refractivity contribution in [1.29, 1.82) is 0 Å². The predicted molar refractivity (Wildman–Crippen MR) is 153 cm³/mol. The van der Waals surface area contributed by atoms with Crippen molar-refractivity contribution in [3.63, 3.8) is 0 Å². The third-order valence-electron chi connectivity index (χ3n) is 6.42. The maximum Gasteiger partial charge on any atom is 0.261 e. The lowest BCUT2D eigenvalue weighted by molar-refractivity contribution is -0.120. The molecule has 1 aliphatic heterocycles. The fraction of sp³-hybridized carbons (Fsp3) is 0.269. The number of anilines is 2. The number of carbonyl (C=O) groups excluding carboxylic acids is 1. The normalized spacial score (nSPS) is 15.2. The Morgan fingerprint density at radius 1 is 0.974 bits per heavy atom. The van der Waals surface area contributed by atoms with Crippen molar-refractivity contribution in [1.82, 2.24) is 4.31 Å². The van der Waals surface area contributed by atoms with Crippen LogP contribution in [0.1, 0.15) is 24.0 Å². The molecule has 1 saturated heterocycles. The Kier molecular flexibility index (Phi) is 8.83. The number of halogens is 2. The van der Waals surface area contributed by atoms with E-state index < -0.39 is 20.0 Å². The molecule has 0 saturated carbocycles. The lowest BCUT2D eigenvalue weighted by atomic mass is 9.97. The molecule has 2 N–H and O–H groups in total. The SMILES string of the molecule is Cc1c(Cl)cccc1NS(=O)(=O)c1ccc(NC(=O)C2CCN(S(=O)(=O)Cc3ccc(Br)cc3)CC2)cc1. The smallest absolute Gasteiger partial charge is 0.261 e. The van der Waals surface area contributed by atoms with Crippen LogP contribution in [0.5, 0.6) is 0 Å². The minimum Gasteiger partial charge on any atom is -0.326 e. The maximum atomic E-state index is 12.8. The van der Waals surface area contributed by atoms with Crippen molar-refractivity contribution < 1.29 is 21.6 Å². The minimum absolute atomic E-state index is 0.0409. The van der Waals surface area contributed by atoms with Crippen LogP contribution < -0.4 is 10.0 Å². The van der Waals surface area contributed by atoms with Crippen LogP contribution in [0, 0.1) is 12.8 Å². The summed E-state index contributed by atoms with van der Waals surface area (Å²) in [5.41, 5.74) is 2.17.